The average Bonchev–Trinajstić information content (AvgIpc) is 2.44. The second kappa shape index (κ2) is 6.10. The minimum atomic E-state index is -4.29. The Kier molecular flexibility index (Phi) is 4.79. The fourth-order valence-corrected chi connectivity index (χ4v) is 2.90. The number of benzene rings is 1. The maximum Gasteiger partial charge on any atom is 0.333 e. The Bertz CT molecular complexity index is 615. The Morgan fingerprint density at radius 2 is 2.05 bits per heavy atom. The molecular weight excluding hydrogens is 318 g/mol. The largest absolute Gasteiger partial charge is 0.460 e. The molecule has 0 saturated heterocycles. The highest BCUT2D eigenvalue weighted by Crippen LogP contribution is 2.44. The molecule has 1 heterocycles. The highest BCUT2D eigenvalue weighted by molar-refractivity contribution is 7.83. The van der Waals surface area contributed by atoms with Crippen molar-refractivity contribution in [1.82, 2.24) is 4.72 Å². The van der Waals surface area contributed by atoms with E-state index in [0.29, 0.717) is 29.2 Å². The maximum atomic E-state index is 10.9. The maximum absolute atomic E-state index is 10.9. The zero-order valence-electron chi connectivity index (χ0n) is 11.8. The third-order valence-electron chi connectivity index (χ3n) is 3.52. The number of hydrogen-bond donors (Lipinski definition) is 2. The van der Waals surface area contributed by atoms with Crippen LogP contribution in [0.5, 0.6) is 5.75 Å². The molecule has 1 atom stereocenters. The van der Waals surface area contributed by atoms with Crippen molar-refractivity contribution in [3.63, 3.8) is 0 Å². The van der Waals surface area contributed by atoms with Gasteiger partial charge in [-0.05, 0) is 6.07 Å². The van der Waals surface area contributed by atoms with Crippen molar-refractivity contribution in [3.8, 4) is 5.75 Å². The van der Waals surface area contributed by atoms with Gasteiger partial charge in [0.15, 0.2) is 0 Å². The zero-order chi connectivity index (χ0) is 15.7. The van der Waals surface area contributed by atoms with E-state index in [1.54, 1.807) is 18.2 Å². The van der Waals surface area contributed by atoms with Crippen LogP contribution in [0.1, 0.15) is 38.4 Å². The Hall–Kier alpha value is -0.860. The Morgan fingerprint density at radius 3 is 2.62 bits per heavy atom. The van der Waals surface area contributed by atoms with Gasteiger partial charge in [0.2, 0.25) is 5.79 Å². The topological polar surface area (TPSA) is 84.9 Å². The van der Waals surface area contributed by atoms with E-state index in [0.717, 1.165) is 0 Å². The summed E-state index contributed by atoms with van der Waals surface area (Å²) in [5.74, 6) is -0.361. The lowest BCUT2D eigenvalue weighted by Crippen LogP contribution is -2.45. The van der Waals surface area contributed by atoms with Crippen molar-refractivity contribution >= 4 is 21.9 Å². The first-order valence-corrected chi connectivity index (χ1v) is 8.49. The molecule has 0 radical (unpaired) electrons. The first-order valence-electron chi connectivity index (χ1n) is 6.67. The molecule has 2 N–H and O–H groups in total. The average molecular weight is 336 g/mol. The summed E-state index contributed by atoms with van der Waals surface area (Å²) in [7, 11) is -4.29. The van der Waals surface area contributed by atoms with Gasteiger partial charge in [-0.15, -0.1) is 0 Å². The van der Waals surface area contributed by atoms with Crippen molar-refractivity contribution in [3.05, 3.63) is 28.8 Å². The van der Waals surface area contributed by atoms with Crippen molar-refractivity contribution < 1.29 is 22.4 Å². The van der Waals surface area contributed by atoms with Gasteiger partial charge >= 0.3 is 10.3 Å². The second-order valence-corrected chi connectivity index (χ2v) is 6.45. The first-order chi connectivity index (χ1) is 9.80. The van der Waals surface area contributed by atoms with E-state index < -0.39 is 22.2 Å². The molecule has 0 bridgehead atoms. The van der Waals surface area contributed by atoms with Gasteiger partial charge < -0.3 is 9.47 Å². The number of para-hydroxylation sites is 1. The molecule has 0 aromatic heterocycles. The number of ether oxygens (including phenoxy) is 2. The van der Waals surface area contributed by atoms with Crippen molar-refractivity contribution in [1.29, 1.82) is 0 Å². The van der Waals surface area contributed by atoms with Crippen LogP contribution in [0.4, 0.5) is 0 Å². The SMILES string of the molecule is CCC1(CC)Oc2c(Cl)cccc2[C@@H](CNS(=O)(=O)O)O1. The molecular formula is C13H18ClNO5S. The molecule has 0 unspecified atom stereocenters. The van der Waals surface area contributed by atoms with Crippen LogP contribution in [0.15, 0.2) is 18.2 Å². The van der Waals surface area contributed by atoms with Crippen LogP contribution in [-0.4, -0.2) is 25.3 Å². The van der Waals surface area contributed by atoms with Crippen LogP contribution in [0, 0.1) is 0 Å². The van der Waals surface area contributed by atoms with Gasteiger partial charge in [0.25, 0.3) is 0 Å². The number of hydrogen-bond acceptors (Lipinski definition) is 4. The highest BCUT2D eigenvalue weighted by Gasteiger charge is 2.40. The molecule has 1 aliphatic heterocycles. The molecule has 0 spiro atoms. The van der Waals surface area contributed by atoms with Crippen LogP contribution in [0.3, 0.4) is 0 Å². The molecule has 1 aromatic rings. The van der Waals surface area contributed by atoms with E-state index in [4.69, 9.17) is 25.6 Å². The summed E-state index contributed by atoms with van der Waals surface area (Å²) in [6.45, 7) is 3.73. The molecule has 2 rings (SSSR count). The predicted octanol–water partition coefficient (Wildman–Crippen LogP) is 2.70. The third kappa shape index (κ3) is 3.67. The molecule has 21 heavy (non-hydrogen) atoms. The van der Waals surface area contributed by atoms with Gasteiger partial charge in [-0.3, -0.25) is 4.55 Å². The van der Waals surface area contributed by atoms with Crippen LogP contribution < -0.4 is 9.46 Å². The van der Waals surface area contributed by atoms with Gasteiger partial charge in [0, 0.05) is 24.9 Å². The quantitative estimate of drug-likeness (QED) is 0.808. The molecule has 0 amide bonds. The van der Waals surface area contributed by atoms with E-state index in [1.807, 2.05) is 18.6 Å². The number of rotatable bonds is 5. The Morgan fingerprint density at radius 1 is 1.38 bits per heavy atom. The minimum Gasteiger partial charge on any atom is -0.460 e. The lowest BCUT2D eigenvalue weighted by atomic mass is 10.0. The van der Waals surface area contributed by atoms with E-state index in [-0.39, 0.29) is 6.54 Å². The summed E-state index contributed by atoms with van der Waals surface area (Å²) < 4.78 is 44.5. The van der Waals surface area contributed by atoms with E-state index >= 15 is 0 Å². The van der Waals surface area contributed by atoms with E-state index in [1.165, 1.54) is 0 Å². The van der Waals surface area contributed by atoms with Crippen LogP contribution >= 0.6 is 11.6 Å². The van der Waals surface area contributed by atoms with E-state index in [9.17, 15) is 8.42 Å². The lowest BCUT2D eigenvalue weighted by molar-refractivity contribution is -0.231. The van der Waals surface area contributed by atoms with Crippen molar-refractivity contribution in [2.45, 2.75) is 38.6 Å². The number of fused-ring (bicyclic) bond motifs is 1. The Balaban J connectivity index is 2.38. The van der Waals surface area contributed by atoms with Gasteiger partial charge in [0.05, 0.1) is 5.02 Å². The molecule has 6 nitrogen and oxygen atoms in total. The highest BCUT2D eigenvalue weighted by atomic mass is 35.5. The number of halogens is 1. The van der Waals surface area contributed by atoms with Crippen molar-refractivity contribution in [2.24, 2.45) is 0 Å². The monoisotopic (exact) mass is 335 g/mol. The van der Waals surface area contributed by atoms with Crippen molar-refractivity contribution in [2.75, 3.05) is 6.54 Å². The van der Waals surface area contributed by atoms with Crippen LogP contribution in [-0.2, 0) is 15.0 Å². The minimum absolute atomic E-state index is 0.0999. The summed E-state index contributed by atoms with van der Waals surface area (Å²) in [4.78, 5) is 0. The molecule has 1 aromatic carbocycles. The van der Waals surface area contributed by atoms with Gasteiger partial charge in [-0.2, -0.15) is 13.1 Å². The molecule has 1 aliphatic rings. The molecule has 0 fully saturated rings. The first kappa shape index (κ1) is 16.5. The summed E-state index contributed by atoms with van der Waals surface area (Å²) in [5, 5.41) is 0.443. The summed E-state index contributed by atoms with van der Waals surface area (Å²) in [6.07, 6.45) is 0.571. The predicted molar refractivity (Wildman–Crippen MR) is 78.8 cm³/mol. The zero-order valence-corrected chi connectivity index (χ0v) is 13.4. The van der Waals surface area contributed by atoms with Crippen LogP contribution in [0.25, 0.3) is 0 Å². The van der Waals surface area contributed by atoms with Gasteiger partial charge in [-0.25, -0.2) is 0 Å². The smallest absolute Gasteiger partial charge is 0.333 e. The second-order valence-electron chi connectivity index (χ2n) is 4.81. The molecule has 8 heteroatoms. The summed E-state index contributed by atoms with van der Waals surface area (Å²) in [6, 6.07) is 5.20. The fraction of sp³-hybridized carbons (Fsp3) is 0.538. The van der Waals surface area contributed by atoms with Gasteiger partial charge in [-0.1, -0.05) is 37.6 Å². The standard InChI is InChI=1S/C13H18ClNO5S/c1-3-13(4-2)19-11(8-15-21(16,17)18)9-6-5-7-10(14)12(9)20-13/h5-7,11,15H,3-4,8H2,1-2H3,(H,16,17,18)/t11-/m1/s1. The molecule has 0 aliphatic carbocycles. The third-order valence-corrected chi connectivity index (χ3v) is 4.35. The lowest BCUT2D eigenvalue weighted by Gasteiger charge is -2.41. The normalized spacial score (nSPS) is 20.7. The molecule has 118 valence electrons. The molecule has 0 saturated carbocycles. The van der Waals surface area contributed by atoms with E-state index in [2.05, 4.69) is 0 Å². The van der Waals surface area contributed by atoms with Gasteiger partial charge in [0.1, 0.15) is 11.9 Å². The number of nitrogens with one attached hydrogen (secondary N) is 1. The Labute approximate surface area is 129 Å². The van der Waals surface area contributed by atoms with Crippen LogP contribution in [0.2, 0.25) is 5.02 Å². The summed E-state index contributed by atoms with van der Waals surface area (Å²) >= 11 is 6.17. The summed E-state index contributed by atoms with van der Waals surface area (Å²) in [5.41, 5.74) is 0.649. The fourth-order valence-electron chi connectivity index (χ4n) is 2.31.